The molecule has 0 bridgehead atoms. The first kappa shape index (κ1) is 16.2. The van der Waals surface area contributed by atoms with Gasteiger partial charge >= 0.3 is 0 Å². The van der Waals surface area contributed by atoms with Gasteiger partial charge in [0.25, 0.3) is 0 Å². The van der Waals surface area contributed by atoms with Gasteiger partial charge in [0.05, 0.1) is 24.4 Å². The van der Waals surface area contributed by atoms with E-state index >= 15 is 0 Å². The summed E-state index contributed by atoms with van der Waals surface area (Å²) in [6.45, 7) is 9.07. The van der Waals surface area contributed by atoms with Gasteiger partial charge in [0, 0.05) is 11.8 Å². The molecule has 1 aromatic heterocycles. The highest BCUT2D eigenvalue weighted by Crippen LogP contribution is 2.39. The van der Waals surface area contributed by atoms with E-state index in [2.05, 4.69) is 23.7 Å². The molecular formula is C17H28N2O2. The molecule has 1 aliphatic heterocycles. The van der Waals surface area contributed by atoms with Crippen molar-refractivity contribution >= 4 is 0 Å². The summed E-state index contributed by atoms with van der Waals surface area (Å²) < 4.78 is 5.51. The largest absolute Gasteiger partial charge is 0.492 e. The van der Waals surface area contributed by atoms with Crippen LogP contribution in [0, 0.1) is 0 Å². The van der Waals surface area contributed by atoms with Gasteiger partial charge in [-0.1, -0.05) is 13.8 Å². The van der Waals surface area contributed by atoms with E-state index in [4.69, 9.17) is 4.74 Å². The molecule has 1 N–H and O–H groups in total. The van der Waals surface area contributed by atoms with Crippen LogP contribution in [0.25, 0.3) is 0 Å². The fourth-order valence-corrected chi connectivity index (χ4v) is 3.56. The summed E-state index contributed by atoms with van der Waals surface area (Å²) in [4.78, 5) is 6.69. The Kier molecular flexibility index (Phi) is 5.59. The molecule has 0 radical (unpaired) electrons. The Morgan fingerprint density at radius 3 is 2.48 bits per heavy atom. The number of aliphatic hydroxyl groups is 1. The predicted molar refractivity (Wildman–Crippen MR) is 84.5 cm³/mol. The van der Waals surface area contributed by atoms with Gasteiger partial charge in [0.1, 0.15) is 5.75 Å². The third-order valence-corrected chi connectivity index (χ3v) is 4.83. The zero-order chi connectivity index (χ0) is 15.3. The lowest BCUT2D eigenvalue weighted by Gasteiger charge is -2.44. The van der Waals surface area contributed by atoms with Gasteiger partial charge in [-0.25, -0.2) is 0 Å². The van der Waals surface area contributed by atoms with E-state index in [-0.39, 0.29) is 5.54 Å². The van der Waals surface area contributed by atoms with Crippen molar-refractivity contribution in [2.24, 2.45) is 0 Å². The van der Waals surface area contributed by atoms with Crippen LogP contribution in [0.3, 0.4) is 0 Å². The SMILES string of the molecule is CCOc1cncc(C(O)C(CC)(CC)N2CCCC2)c1. The molecule has 118 valence electrons. The molecule has 0 aliphatic carbocycles. The van der Waals surface area contributed by atoms with E-state index < -0.39 is 6.10 Å². The Labute approximate surface area is 128 Å². The molecule has 1 fully saturated rings. The molecule has 21 heavy (non-hydrogen) atoms. The lowest BCUT2D eigenvalue weighted by Crippen LogP contribution is -2.51. The van der Waals surface area contributed by atoms with Crippen LogP contribution in [-0.2, 0) is 0 Å². The third-order valence-electron chi connectivity index (χ3n) is 4.83. The smallest absolute Gasteiger partial charge is 0.137 e. The molecule has 1 saturated heterocycles. The van der Waals surface area contributed by atoms with Crippen LogP contribution in [-0.4, -0.2) is 40.2 Å². The maximum absolute atomic E-state index is 11.0. The van der Waals surface area contributed by atoms with Crippen molar-refractivity contribution in [3.63, 3.8) is 0 Å². The first-order valence-electron chi connectivity index (χ1n) is 8.18. The first-order valence-corrected chi connectivity index (χ1v) is 8.18. The zero-order valence-corrected chi connectivity index (χ0v) is 13.5. The van der Waals surface area contributed by atoms with Crippen LogP contribution in [0.2, 0.25) is 0 Å². The molecule has 1 unspecified atom stereocenters. The van der Waals surface area contributed by atoms with E-state index in [1.165, 1.54) is 12.8 Å². The number of hydrogen-bond donors (Lipinski definition) is 1. The van der Waals surface area contributed by atoms with Crippen molar-refractivity contribution in [2.75, 3.05) is 19.7 Å². The highest BCUT2D eigenvalue weighted by atomic mass is 16.5. The van der Waals surface area contributed by atoms with E-state index in [0.717, 1.165) is 37.2 Å². The number of ether oxygens (including phenoxy) is 1. The Bertz CT molecular complexity index is 440. The van der Waals surface area contributed by atoms with Crippen molar-refractivity contribution in [1.82, 2.24) is 9.88 Å². The fourth-order valence-electron chi connectivity index (χ4n) is 3.56. The van der Waals surface area contributed by atoms with Crippen molar-refractivity contribution < 1.29 is 9.84 Å². The molecular weight excluding hydrogens is 264 g/mol. The minimum Gasteiger partial charge on any atom is -0.492 e. The summed E-state index contributed by atoms with van der Waals surface area (Å²) in [7, 11) is 0. The monoisotopic (exact) mass is 292 g/mol. The highest BCUT2D eigenvalue weighted by Gasteiger charge is 2.42. The molecule has 1 atom stereocenters. The Morgan fingerprint density at radius 1 is 1.24 bits per heavy atom. The average molecular weight is 292 g/mol. The summed E-state index contributed by atoms with van der Waals surface area (Å²) >= 11 is 0. The Morgan fingerprint density at radius 2 is 1.90 bits per heavy atom. The Hall–Kier alpha value is -1.13. The van der Waals surface area contributed by atoms with E-state index in [1.807, 2.05) is 13.0 Å². The number of hydrogen-bond acceptors (Lipinski definition) is 4. The Balaban J connectivity index is 2.29. The first-order chi connectivity index (χ1) is 10.2. The van der Waals surface area contributed by atoms with E-state index in [0.29, 0.717) is 6.61 Å². The lowest BCUT2D eigenvalue weighted by molar-refractivity contribution is -0.0297. The van der Waals surface area contributed by atoms with Crippen LogP contribution >= 0.6 is 0 Å². The molecule has 2 rings (SSSR count). The van der Waals surface area contributed by atoms with Crippen molar-refractivity contribution in [2.45, 2.75) is 58.1 Å². The van der Waals surface area contributed by atoms with Crippen LogP contribution < -0.4 is 4.74 Å². The van der Waals surface area contributed by atoms with E-state index in [9.17, 15) is 5.11 Å². The average Bonchev–Trinajstić information content (AvgIpc) is 3.04. The van der Waals surface area contributed by atoms with E-state index in [1.54, 1.807) is 12.4 Å². The maximum atomic E-state index is 11.0. The van der Waals surface area contributed by atoms with Crippen LogP contribution in [0.15, 0.2) is 18.5 Å². The molecule has 0 spiro atoms. The lowest BCUT2D eigenvalue weighted by atomic mass is 9.81. The number of aromatic nitrogens is 1. The fraction of sp³-hybridized carbons (Fsp3) is 0.706. The zero-order valence-electron chi connectivity index (χ0n) is 13.5. The van der Waals surface area contributed by atoms with Gasteiger partial charge < -0.3 is 9.84 Å². The highest BCUT2D eigenvalue weighted by molar-refractivity contribution is 5.27. The standard InChI is InChI=1S/C17H28N2O2/c1-4-17(5-2,19-9-7-8-10-19)16(20)14-11-15(21-6-3)13-18-12-14/h11-13,16,20H,4-10H2,1-3H3. The maximum Gasteiger partial charge on any atom is 0.137 e. The second-order valence-electron chi connectivity index (χ2n) is 5.79. The number of likely N-dealkylation sites (tertiary alicyclic amines) is 1. The van der Waals surface area contributed by atoms with Crippen LogP contribution in [0.1, 0.15) is 58.1 Å². The van der Waals surface area contributed by atoms with Gasteiger partial charge in [0.2, 0.25) is 0 Å². The molecule has 0 aromatic carbocycles. The molecule has 1 aliphatic rings. The molecule has 4 heteroatoms. The molecule has 1 aromatic rings. The number of pyridine rings is 1. The number of nitrogens with zero attached hydrogens (tertiary/aromatic N) is 2. The molecule has 0 amide bonds. The van der Waals surface area contributed by atoms with Crippen LogP contribution in [0.4, 0.5) is 0 Å². The summed E-state index contributed by atoms with van der Waals surface area (Å²) in [6.07, 6.45) is 7.27. The van der Waals surface area contributed by atoms with Crippen molar-refractivity contribution in [3.05, 3.63) is 24.0 Å². The molecule has 0 saturated carbocycles. The summed E-state index contributed by atoms with van der Waals surface area (Å²) in [6, 6.07) is 1.93. The van der Waals surface area contributed by atoms with Crippen molar-refractivity contribution in [1.29, 1.82) is 0 Å². The quantitative estimate of drug-likeness (QED) is 0.838. The summed E-state index contributed by atoms with van der Waals surface area (Å²) in [5.74, 6) is 0.733. The minimum atomic E-state index is -0.529. The number of rotatable bonds is 7. The van der Waals surface area contributed by atoms with Gasteiger partial charge in [-0.3, -0.25) is 9.88 Å². The van der Waals surface area contributed by atoms with Gasteiger partial charge in [-0.15, -0.1) is 0 Å². The van der Waals surface area contributed by atoms with Gasteiger partial charge in [-0.2, -0.15) is 0 Å². The van der Waals surface area contributed by atoms with Crippen molar-refractivity contribution in [3.8, 4) is 5.75 Å². The second kappa shape index (κ2) is 7.23. The van der Waals surface area contributed by atoms with Crippen LogP contribution in [0.5, 0.6) is 5.75 Å². The topological polar surface area (TPSA) is 45.6 Å². The normalized spacial score (nSPS) is 17.9. The summed E-state index contributed by atoms with van der Waals surface area (Å²) in [5.41, 5.74) is 0.666. The van der Waals surface area contributed by atoms with Gasteiger partial charge in [-0.05, 0) is 51.8 Å². The number of aliphatic hydroxyl groups excluding tert-OH is 1. The third kappa shape index (κ3) is 3.22. The second-order valence-corrected chi connectivity index (χ2v) is 5.79. The predicted octanol–water partition coefficient (Wildman–Crippen LogP) is 3.17. The molecule has 2 heterocycles. The minimum absolute atomic E-state index is 0.191. The summed E-state index contributed by atoms with van der Waals surface area (Å²) in [5, 5.41) is 11.0. The molecule has 4 nitrogen and oxygen atoms in total. The van der Waals surface area contributed by atoms with Gasteiger partial charge in [0.15, 0.2) is 0 Å².